The first-order valence-corrected chi connectivity index (χ1v) is 33.5. The Kier molecular flexibility index (Phi) is 21.6. The van der Waals surface area contributed by atoms with Crippen molar-refractivity contribution in [1.29, 1.82) is 0 Å². The van der Waals surface area contributed by atoms with E-state index < -0.39 is 84.5 Å². The average Bonchev–Trinajstić information content (AvgIpc) is 1.58. The summed E-state index contributed by atoms with van der Waals surface area (Å²) in [6.07, 6.45) is 7.00. The van der Waals surface area contributed by atoms with Gasteiger partial charge in [-0.15, -0.1) is 11.3 Å². The van der Waals surface area contributed by atoms with E-state index >= 15 is 7.77 Å². The number of thiophene rings is 1. The zero-order chi connectivity index (χ0) is 65.1. The SMILES string of the molecule is [N-]=[N+]=NCOC1C[C@H](n2cc(C#CCOC(=O)c3ccc(OCCCC(=O)CCCC(=O)COc4ccc(/C=C/c5ccc6n5S(F)(F)[N+]5=C(c7cccs7)C=CC5=C6)cc4)cc3CN=[N+]=[N-])c3c(=O)[nH]c(N)nc32)O[C@@H]1COP(=O)(O)OP(=O)(O)OP(=O)(O)O. The van der Waals surface area contributed by atoms with Crippen molar-refractivity contribution in [3.63, 3.8) is 0 Å². The summed E-state index contributed by atoms with van der Waals surface area (Å²) in [5.41, 5.74) is 25.4. The van der Waals surface area contributed by atoms with Gasteiger partial charge in [0.05, 0.1) is 53.8 Å². The summed E-state index contributed by atoms with van der Waals surface area (Å²) < 4.78 is 112. The number of hydrogen-bond acceptors (Lipinski definition) is 20. The molecule has 1 fully saturated rings. The molecule has 6 aromatic rings. The molecule has 3 aliphatic rings. The molecule has 0 amide bonds. The monoisotopic (exact) mass is 1360 g/mol. The predicted octanol–water partition coefficient (Wildman–Crippen LogP) is 9.87. The maximum absolute atomic E-state index is 16.2. The molecular weight excluding hydrogens is 1300 g/mol. The highest BCUT2D eigenvalue weighted by atomic mass is 32.3. The Balaban J connectivity index is 0.718. The van der Waals surface area contributed by atoms with E-state index in [9.17, 15) is 42.7 Å². The summed E-state index contributed by atoms with van der Waals surface area (Å²) in [5, 5.41) is 8.57. The van der Waals surface area contributed by atoms with Crippen molar-refractivity contribution >= 4 is 104 Å². The number of Topliss-reactive ketones (excluding diaryl/α,β-unsaturated/α-hetero) is 2. The van der Waals surface area contributed by atoms with Crippen LogP contribution in [0.25, 0.3) is 50.1 Å². The number of ketones is 2. The topological polar surface area (TPSA) is 439 Å². The Morgan fingerprint density at radius 3 is 2.45 bits per heavy atom. The zero-order valence-electron chi connectivity index (χ0n) is 47.0. The Bertz CT molecular complexity index is 4300. The van der Waals surface area contributed by atoms with Crippen molar-refractivity contribution < 1.29 is 96.2 Å². The van der Waals surface area contributed by atoms with Crippen molar-refractivity contribution in [3.05, 3.63) is 166 Å². The minimum atomic E-state index is -5.87. The number of ether oxygens (including phenoxy) is 5. The number of nitrogens with two attached hydrogens (primary N) is 1. The van der Waals surface area contributed by atoms with Crippen LogP contribution in [0.15, 0.2) is 111 Å². The fourth-order valence-corrected chi connectivity index (χ4v) is 14.9. The Morgan fingerprint density at radius 2 is 1.70 bits per heavy atom. The molecule has 31 nitrogen and oxygen atoms in total. The standard InChI is InChI=1S/C53H51F2N12O19P3S2/c54-91(55)66-36(14-15-37(66)26-38-16-21-44(67(38)91)47-9-4-24-90-47)13-10-33-11-17-41(18-12-33)81-30-40(69)7-1-6-39(68)8-3-22-79-42-19-20-43(35(25-42)28-59-63-57)52(71)80-23-2-5-34-29-65(50-49(34)51(70)62-53(56)61-50)48-27-45(82-32-60-64-58)46(84-48)31-83-88(75,76)86-89(77,78)85-87(72,73)74/h4,9-21,24-26,29,45-46,48H,1,3,6-8,22-23,27-28,30-32H2,(H6-,56,61,62,70,72,73,74,75,76,77,78)/p+1/b13-10+/t45?,46-,48-/m1/s1. The zero-order valence-corrected chi connectivity index (χ0v) is 51.3. The first-order valence-electron chi connectivity index (χ1n) is 26.8. The fourth-order valence-electron chi connectivity index (χ4n) is 9.45. The summed E-state index contributed by atoms with van der Waals surface area (Å²) in [7, 11) is -17.2. The molecule has 478 valence electrons. The lowest BCUT2D eigenvalue weighted by atomic mass is 10.1. The van der Waals surface area contributed by atoms with E-state index in [1.807, 2.05) is 17.5 Å². The number of H-pyrrole nitrogens is 1. The number of rotatable bonds is 30. The quantitative estimate of drug-likeness (QED) is 0.00357. The molecule has 1 saturated heterocycles. The van der Waals surface area contributed by atoms with Crippen LogP contribution in [-0.2, 0) is 57.2 Å². The second-order valence-corrected chi connectivity index (χ2v) is 26.5. The predicted molar refractivity (Wildman–Crippen MR) is 323 cm³/mol. The van der Waals surface area contributed by atoms with Gasteiger partial charge in [-0.25, -0.2) is 22.5 Å². The molecule has 3 unspecified atom stereocenters. The van der Waals surface area contributed by atoms with Gasteiger partial charge in [-0.3, -0.25) is 23.9 Å². The minimum absolute atomic E-state index is 0.00518. The van der Waals surface area contributed by atoms with Crippen LogP contribution in [0.5, 0.6) is 11.5 Å². The van der Waals surface area contributed by atoms with Gasteiger partial charge in [0.1, 0.15) is 47.8 Å². The summed E-state index contributed by atoms with van der Waals surface area (Å²) in [6, 6.07) is 18.1. The van der Waals surface area contributed by atoms with Crippen LogP contribution >= 0.6 is 46.0 Å². The van der Waals surface area contributed by atoms with E-state index in [1.54, 1.807) is 66.8 Å². The maximum Gasteiger partial charge on any atom is 0.490 e. The number of fused-ring (bicyclic) bond motifs is 3. The lowest BCUT2D eigenvalue weighted by molar-refractivity contribution is -0.300. The van der Waals surface area contributed by atoms with Crippen molar-refractivity contribution in [2.45, 2.75) is 63.5 Å². The maximum atomic E-state index is 16.2. The van der Waals surface area contributed by atoms with Gasteiger partial charge in [0.25, 0.3) is 5.56 Å². The highest BCUT2D eigenvalue weighted by Crippen LogP contribution is 2.66. The highest BCUT2D eigenvalue weighted by Gasteiger charge is 2.51. The average molecular weight is 1360 g/mol. The van der Waals surface area contributed by atoms with Gasteiger partial charge in [-0.1, -0.05) is 58.1 Å². The highest BCUT2D eigenvalue weighted by molar-refractivity contribution is 8.18. The van der Waals surface area contributed by atoms with Gasteiger partial charge in [0.2, 0.25) is 17.4 Å². The number of nitrogens with zero attached hydrogens (tertiary/aromatic N) is 10. The third-order valence-electron chi connectivity index (χ3n) is 13.3. The number of carbonyl (C=O) groups excluding carboxylic acids is 3. The number of hydrogen-bond donors (Lipinski definition) is 6. The molecule has 4 aromatic heterocycles. The van der Waals surface area contributed by atoms with E-state index in [1.165, 1.54) is 40.3 Å². The number of carbonyl (C=O) groups is 3. The third-order valence-corrected chi connectivity index (χ3v) is 19.7. The summed E-state index contributed by atoms with van der Waals surface area (Å²) >= 11 is -3.07. The summed E-state index contributed by atoms with van der Waals surface area (Å²) in [5.74, 6) is 4.54. The van der Waals surface area contributed by atoms with Gasteiger partial charge < -0.3 is 53.6 Å². The molecule has 3 aliphatic heterocycles. The largest absolute Gasteiger partial charge is 0.494 e. The molecule has 2 aromatic carbocycles. The van der Waals surface area contributed by atoms with Crippen LogP contribution in [0.3, 0.4) is 0 Å². The van der Waals surface area contributed by atoms with Crippen LogP contribution < -0.4 is 20.8 Å². The normalized spacial score (nSPS) is 18.2. The molecule has 5 atom stereocenters. The number of allylic oxidation sites excluding steroid dienone is 2. The molecule has 0 bridgehead atoms. The molecule has 0 radical (unpaired) electrons. The van der Waals surface area contributed by atoms with Crippen molar-refractivity contribution in [2.24, 2.45) is 10.2 Å². The number of nitrogens with one attached hydrogen (secondary N) is 1. The van der Waals surface area contributed by atoms with Crippen molar-refractivity contribution in [1.82, 2.24) is 18.5 Å². The second-order valence-electron chi connectivity index (χ2n) is 19.5. The van der Waals surface area contributed by atoms with E-state index in [4.69, 9.17) is 54.8 Å². The number of phosphoric acid groups is 3. The molecular formula is C53H52F2N12O19P3S2+. The van der Waals surface area contributed by atoms with Crippen LogP contribution in [0.1, 0.15) is 88.1 Å². The van der Waals surface area contributed by atoms with Gasteiger partial charge in [0.15, 0.2) is 18.0 Å². The number of aromatic nitrogens is 4. The Hall–Kier alpha value is -8.34. The molecule has 9 rings (SSSR count). The first-order chi connectivity index (χ1) is 43.4. The number of anilines is 1. The number of halogens is 2. The summed E-state index contributed by atoms with van der Waals surface area (Å²) in [6.45, 7) is -2.50. The van der Waals surface area contributed by atoms with E-state index in [2.05, 4.69) is 50.5 Å². The van der Waals surface area contributed by atoms with Crippen LogP contribution in [-0.4, -0.2) is 111 Å². The Labute approximate surface area is 518 Å². The van der Waals surface area contributed by atoms with Gasteiger partial charge in [-0.05, 0) is 95.0 Å². The number of benzene rings is 2. The van der Waals surface area contributed by atoms with Crippen LogP contribution in [0.2, 0.25) is 0 Å². The smallest absolute Gasteiger partial charge is 0.490 e. The second kappa shape index (κ2) is 29.3. The Morgan fingerprint density at radius 1 is 0.945 bits per heavy atom. The van der Waals surface area contributed by atoms with Gasteiger partial charge >= 0.3 is 40.6 Å². The molecule has 7 heterocycles. The molecule has 38 heteroatoms. The molecule has 0 spiro atoms. The van der Waals surface area contributed by atoms with Crippen LogP contribution in [0.4, 0.5) is 13.7 Å². The van der Waals surface area contributed by atoms with Crippen molar-refractivity contribution in [2.75, 3.05) is 38.9 Å². The number of esters is 1. The molecule has 7 N–H and O–H groups in total. The van der Waals surface area contributed by atoms with E-state index in [0.717, 1.165) is 18.4 Å². The molecule has 0 saturated carbocycles. The molecule has 0 aliphatic carbocycles. The lowest BCUT2D eigenvalue weighted by Crippen LogP contribution is -2.29. The number of azide groups is 2. The molecule has 91 heavy (non-hydrogen) atoms. The van der Waals surface area contributed by atoms with E-state index in [0.29, 0.717) is 41.4 Å². The van der Waals surface area contributed by atoms with Crippen molar-refractivity contribution in [3.8, 4) is 23.3 Å². The van der Waals surface area contributed by atoms with Crippen LogP contribution in [0, 0.1) is 11.8 Å². The number of nitrogen functional groups attached to an aromatic ring is 1. The minimum Gasteiger partial charge on any atom is -0.494 e. The first kappa shape index (κ1) is 67.1. The number of aromatic amines is 1. The van der Waals surface area contributed by atoms with Gasteiger partial charge in [-0.2, -0.15) is 13.6 Å². The third kappa shape index (κ3) is 17.4. The van der Waals surface area contributed by atoms with E-state index in [-0.39, 0.29) is 96.4 Å². The fraction of sp³-hybridized carbons (Fsp3) is 0.283. The summed E-state index contributed by atoms with van der Waals surface area (Å²) in [4.78, 5) is 102. The number of phosphoric ester groups is 1. The lowest BCUT2D eigenvalue weighted by Gasteiger charge is -2.24. The van der Waals surface area contributed by atoms with Gasteiger partial charge in [0, 0.05) is 59.9 Å².